The molecule has 0 N–H and O–H groups in total. The van der Waals surface area contributed by atoms with Gasteiger partial charge in [-0.15, -0.1) is 0 Å². The first-order valence-corrected chi connectivity index (χ1v) is 11.4. The Kier molecular flexibility index (Phi) is 8.39. The largest absolute Gasteiger partial charge is 0.484 e. The van der Waals surface area contributed by atoms with Crippen molar-refractivity contribution >= 4 is 11.7 Å². The number of unbranched alkanes of at least 4 members (excludes halogenated alkanes) is 1. The third-order valence-electron chi connectivity index (χ3n) is 6.03. The number of nitrogens with zero attached hydrogens (tertiary/aromatic N) is 2. The van der Waals surface area contributed by atoms with Crippen LogP contribution in [0.2, 0.25) is 0 Å². The summed E-state index contributed by atoms with van der Waals surface area (Å²) in [7, 11) is 0. The highest BCUT2D eigenvalue weighted by Crippen LogP contribution is 2.20. The van der Waals surface area contributed by atoms with Crippen molar-refractivity contribution in [1.82, 2.24) is 9.80 Å². The van der Waals surface area contributed by atoms with Crippen molar-refractivity contribution in [2.24, 2.45) is 0 Å². The fourth-order valence-electron chi connectivity index (χ4n) is 4.04. The summed E-state index contributed by atoms with van der Waals surface area (Å²) in [6.07, 6.45) is 2.43. The van der Waals surface area contributed by atoms with Crippen molar-refractivity contribution in [3.05, 3.63) is 65.5 Å². The van der Waals surface area contributed by atoms with E-state index in [0.29, 0.717) is 24.3 Å². The van der Waals surface area contributed by atoms with Gasteiger partial charge in [-0.05, 0) is 62.2 Å². The average molecular weight is 441 g/mol. The fourth-order valence-corrected chi connectivity index (χ4v) is 4.04. The zero-order valence-corrected chi connectivity index (χ0v) is 19.2. The molecule has 1 aliphatic rings. The highest BCUT2D eigenvalue weighted by Gasteiger charge is 2.32. The first-order chi connectivity index (χ1) is 15.4. The highest BCUT2D eigenvalue weighted by atomic mass is 19.1. The molecule has 0 spiro atoms. The Bertz CT molecular complexity index is 898. The van der Waals surface area contributed by atoms with E-state index in [9.17, 15) is 14.0 Å². The number of amides is 1. The Hall–Kier alpha value is -2.73. The number of rotatable bonds is 9. The molecule has 2 aromatic carbocycles. The Balaban J connectivity index is 1.50. The SMILES string of the molecule is CCCCC(=O)c1ccc(OCC(=O)N2C[C@@H](C)N(Cc3ccc(F)cc3)C[C@@H]2C)cc1. The molecular formula is C26H33FN2O3. The van der Waals surface area contributed by atoms with Crippen molar-refractivity contribution in [1.29, 1.82) is 0 Å². The van der Waals surface area contributed by atoms with Crippen LogP contribution in [0.4, 0.5) is 4.39 Å². The van der Waals surface area contributed by atoms with E-state index in [1.54, 1.807) is 36.4 Å². The van der Waals surface area contributed by atoms with Gasteiger partial charge in [-0.1, -0.05) is 25.5 Å². The smallest absolute Gasteiger partial charge is 0.260 e. The molecule has 0 aliphatic carbocycles. The third kappa shape index (κ3) is 6.39. The number of carbonyl (C=O) groups excluding carboxylic acids is 2. The number of ether oxygens (including phenoxy) is 1. The second-order valence-corrected chi connectivity index (χ2v) is 8.64. The average Bonchev–Trinajstić information content (AvgIpc) is 2.79. The molecule has 1 aliphatic heterocycles. The lowest BCUT2D eigenvalue weighted by molar-refractivity contribution is -0.139. The molecule has 1 saturated heterocycles. The molecule has 2 aromatic rings. The minimum atomic E-state index is -0.233. The summed E-state index contributed by atoms with van der Waals surface area (Å²) in [4.78, 5) is 29.1. The lowest BCUT2D eigenvalue weighted by atomic mass is 10.1. The molecule has 0 radical (unpaired) electrons. The predicted octanol–water partition coefficient (Wildman–Crippen LogP) is 4.70. The second kappa shape index (κ2) is 11.2. The van der Waals surface area contributed by atoms with Crippen LogP contribution in [0.25, 0.3) is 0 Å². The van der Waals surface area contributed by atoms with Gasteiger partial charge in [0.2, 0.25) is 0 Å². The number of hydrogen-bond donors (Lipinski definition) is 0. The van der Waals surface area contributed by atoms with Crippen LogP contribution in [0.5, 0.6) is 5.75 Å². The summed E-state index contributed by atoms with van der Waals surface area (Å²) in [5.41, 5.74) is 1.74. The lowest BCUT2D eigenvalue weighted by Crippen LogP contribution is -2.58. The molecule has 0 bridgehead atoms. The molecule has 1 amide bonds. The van der Waals surface area contributed by atoms with E-state index in [-0.39, 0.29) is 36.2 Å². The standard InChI is InChI=1S/C26H33FN2O3/c1-4-5-6-25(30)22-9-13-24(14-10-22)32-18-26(31)29-16-19(2)28(15-20(29)3)17-21-7-11-23(27)12-8-21/h7-14,19-20H,4-6,15-18H2,1-3H3/t19-,20+/m1/s1. The number of carbonyl (C=O) groups is 2. The van der Waals surface area contributed by atoms with Gasteiger partial charge in [0.05, 0.1) is 0 Å². The number of ketones is 1. The summed E-state index contributed by atoms with van der Waals surface area (Å²) < 4.78 is 18.9. The number of hydrogen-bond acceptors (Lipinski definition) is 4. The quantitative estimate of drug-likeness (QED) is 0.531. The van der Waals surface area contributed by atoms with Gasteiger partial charge in [0.15, 0.2) is 12.4 Å². The van der Waals surface area contributed by atoms with E-state index in [1.807, 2.05) is 11.8 Å². The van der Waals surface area contributed by atoms with Crippen LogP contribution in [0.15, 0.2) is 48.5 Å². The summed E-state index contributed by atoms with van der Waals surface area (Å²) in [6, 6.07) is 13.8. The van der Waals surface area contributed by atoms with Gasteiger partial charge in [0.25, 0.3) is 5.91 Å². The highest BCUT2D eigenvalue weighted by molar-refractivity contribution is 5.96. The normalized spacial score (nSPS) is 19.1. The van der Waals surface area contributed by atoms with Crippen LogP contribution in [-0.2, 0) is 11.3 Å². The molecule has 0 unspecified atom stereocenters. The van der Waals surface area contributed by atoms with Gasteiger partial charge in [0.1, 0.15) is 11.6 Å². The molecule has 0 saturated carbocycles. The van der Waals surface area contributed by atoms with Crippen molar-refractivity contribution in [2.75, 3.05) is 19.7 Å². The molecule has 0 aromatic heterocycles. The Labute approximate surface area is 190 Å². The van der Waals surface area contributed by atoms with Gasteiger partial charge in [0, 0.05) is 43.7 Å². The number of halogens is 1. The Morgan fingerprint density at radius 1 is 1.00 bits per heavy atom. The molecule has 5 nitrogen and oxygen atoms in total. The maximum atomic E-state index is 13.2. The van der Waals surface area contributed by atoms with Crippen LogP contribution in [-0.4, -0.2) is 53.3 Å². The molecule has 6 heteroatoms. The summed E-state index contributed by atoms with van der Waals surface area (Å²) >= 11 is 0. The molecular weight excluding hydrogens is 407 g/mol. The van der Waals surface area contributed by atoms with Gasteiger partial charge in [-0.2, -0.15) is 0 Å². The monoisotopic (exact) mass is 440 g/mol. The van der Waals surface area contributed by atoms with Gasteiger partial charge >= 0.3 is 0 Å². The van der Waals surface area contributed by atoms with Crippen LogP contribution >= 0.6 is 0 Å². The Morgan fingerprint density at radius 2 is 1.69 bits per heavy atom. The molecule has 2 atom stereocenters. The van der Waals surface area contributed by atoms with E-state index >= 15 is 0 Å². The first kappa shape index (κ1) is 23.9. The van der Waals surface area contributed by atoms with Crippen LogP contribution in [0, 0.1) is 5.82 Å². The summed E-state index contributed by atoms with van der Waals surface area (Å²) in [5, 5.41) is 0. The zero-order chi connectivity index (χ0) is 23.1. The molecule has 1 heterocycles. The number of Topliss-reactive ketones (excluding diaryl/α,β-unsaturated/α-hetero) is 1. The van der Waals surface area contributed by atoms with Crippen LogP contribution in [0.3, 0.4) is 0 Å². The first-order valence-electron chi connectivity index (χ1n) is 11.4. The zero-order valence-electron chi connectivity index (χ0n) is 19.2. The van der Waals surface area contributed by atoms with E-state index in [2.05, 4.69) is 18.7 Å². The van der Waals surface area contributed by atoms with Crippen LogP contribution in [0.1, 0.15) is 56.0 Å². The molecule has 32 heavy (non-hydrogen) atoms. The maximum Gasteiger partial charge on any atom is 0.260 e. The third-order valence-corrected chi connectivity index (χ3v) is 6.03. The molecule has 3 rings (SSSR count). The minimum absolute atomic E-state index is 0.0296. The minimum Gasteiger partial charge on any atom is -0.484 e. The summed E-state index contributed by atoms with van der Waals surface area (Å²) in [5.74, 6) is 0.439. The lowest BCUT2D eigenvalue weighted by Gasteiger charge is -2.44. The van der Waals surface area contributed by atoms with E-state index in [4.69, 9.17) is 4.74 Å². The Morgan fingerprint density at radius 3 is 2.34 bits per heavy atom. The topological polar surface area (TPSA) is 49.9 Å². The van der Waals surface area contributed by atoms with Crippen LogP contribution < -0.4 is 4.74 Å². The number of piperazine rings is 1. The van der Waals surface area contributed by atoms with E-state index < -0.39 is 0 Å². The molecule has 172 valence electrons. The van der Waals surface area contributed by atoms with E-state index in [1.165, 1.54) is 12.1 Å². The van der Waals surface area contributed by atoms with E-state index in [0.717, 1.165) is 31.5 Å². The van der Waals surface area contributed by atoms with Crippen molar-refractivity contribution < 1.29 is 18.7 Å². The van der Waals surface area contributed by atoms with Gasteiger partial charge < -0.3 is 9.64 Å². The van der Waals surface area contributed by atoms with Crippen molar-refractivity contribution in [3.63, 3.8) is 0 Å². The van der Waals surface area contributed by atoms with Crippen molar-refractivity contribution in [3.8, 4) is 5.75 Å². The number of benzene rings is 2. The fraction of sp³-hybridized carbons (Fsp3) is 0.462. The second-order valence-electron chi connectivity index (χ2n) is 8.64. The van der Waals surface area contributed by atoms with Gasteiger partial charge in [-0.25, -0.2) is 4.39 Å². The predicted molar refractivity (Wildman–Crippen MR) is 123 cm³/mol. The molecule has 1 fully saturated rings. The summed E-state index contributed by atoms with van der Waals surface area (Å²) in [6.45, 7) is 8.28. The van der Waals surface area contributed by atoms with Gasteiger partial charge in [-0.3, -0.25) is 14.5 Å². The maximum absolute atomic E-state index is 13.2. The van der Waals surface area contributed by atoms with Crippen molar-refractivity contribution in [2.45, 2.75) is 58.7 Å².